The lowest BCUT2D eigenvalue weighted by Crippen LogP contribution is -2.26. The van der Waals surface area contributed by atoms with E-state index in [-0.39, 0.29) is 16.9 Å². The van der Waals surface area contributed by atoms with Gasteiger partial charge >= 0.3 is 0 Å². The molecule has 0 unspecified atom stereocenters. The van der Waals surface area contributed by atoms with Crippen LogP contribution < -0.4 is 5.73 Å². The highest BCUT2D eigenvalue weighted by atomic mass is 35.5. The van der Waals surface area contributed by atoms with Gasteiger partial charge in [-0.25, -0.2) is 9.97 Å². The molecule has 0 aliphatic carbocycles. The van der Waals surface area contributed by atoms with Crippen LogP contribution in [0.3, 0.4) is 0 Å². The molecule has 0 radical (unpaired) electrons. The Morgan fingerprint density at radius 1 is 1.56 bits per heavy atom. The second-order valence-electron chi connectivity index (χ2n) is 3.80. The summed E-state index contributed by atoms with van der Waals surface area (Å²) >= 11 is 5.76. The van der Waals surface area contributed by atoms with E-state index in [0.717, 1.165) is 0 Å². The second-order valence-corrected chi connectivity index (χ2v) is 4.19. The summed E-state index contributed by atoms with van der Waals surface area (Å²) in [5, 5.41) is 0.199. The molecule has 6 nitrogen and oxygen atoms in total. The summed E-state index contributed by atoms with van der Waals surface area (Å²) in [4.78, 5) is 24.4. The third kappa shape index (κ3) is 2.78. The van der Waals surface area contributed by atoms with E-state index in [2.05, 4.69) is 15.0 Å². The second kappa shape index (κ2) is 5.05. The Balaban J connectivity index is 2.15. The van der Waals surface area contributed by atoms with Gasteiger partial charge in [0.2, 0.25) is 0 Å². The number of aromatic amines is 1. The number of anilines is 1. The Kier molecular flexibility index (Phi) is 3.47. The number of rotatable bonds is 3. The number of nitrogens with two attached hydrogens (primary N) is 1. The molecule has 0 atom stereocenters. The standard InChI is InChI=1S/C11H12ClN5O/c1-17(6-10-14-2-3-15-10)11(18)7-4-8(12)16-9(13)5-7/h2-5H,6H2,1H3,(H2,13,16)(H,14,15). The first-order valence-corrected chi connectivity index (χ1v) is 5.61. The minimum atomic E-state index is -0.192. The van der Waals surface area contributed by atoms with E-state index in [1.165, 1.54) is 17.0 Å². The number of halogens is 1. The summed E-state index contributed by atoms with van der Waals surface area (Å²) in [5.41, 5.74) is 5.95. The lowest BCUT2D eigenvalue weighted by molar-refractivity contribution is 0.0782. The number of amides is 1. The maximum absolute atomic E-state index is 12.1. The zero-order valence-electron chi connectivity index (χ0n) is 9.72. The lowest BCUT2D eigenvalue weighted by Gasteiger charge is -2.16. The van der Waals surface area contributed by atoms with Crippen molar-refractivity contribution in [2.24, 2.45) is 0 Å². The monoisotopic (exact) mass is 265 g/mol. The van der Waals surface area contributed by atoms with E-state index in [9.17, 15) is 4.79 Å². The summed E-state index contributed by atoms with van der Waals surface area (Å²) < 4.78 is 0. The SMILES string of the molecule is CN(Cc1ncc[nH]1)C(=O)c1cc(N)nc(Cl)c1. The van der Waals surface area contributed by atoms with Gasteiger partial charge in [-0.1, -0.05) is 11.6 Å². The average Bonchev–Trinajstić information content (AvgIpc) is 2.79. The predicted molar refractivity (Wildman–Crippen MR) is 68.0 cm³/mol. The van der Waals surface area contributed by atoms with Gasteiger partial charge < -0.3 is 15.6 Å². The number of hydrogen-bond acceptors (Lipinski definition) is 4. The molecule has 2 rings (SSSR count). The van der Waals surface area contributed by atoms with Gasteiger partial charge in [-0.3, -0.25) is 4.79 Å². The molecule has 0 aromatic carbocycles. The van der Waals surface area contributed by atoms with Crippen LogP contribution >= 0.6 is 11.6 Å². The van der Waals surface area contributed by atoms with Crippen LogP contribution in [0, 0.1) is 0 Å². The minimum Gasteiger partial charge on any atom is -0.384 e. The summed E-state index contributed by atoms with van der Waals surface area (Å²) in [5.74, 6) is 0.735. The molecule has 0 saturated heterocycles. The van der Waals surface area contributed by atoms with Crippen LogP contribution in [0.2, 0.25) is 5.15 Å². The van der Waals surface area contributed by atoms with Crippen LogP contribution in [0.25, 0.3) is 0 Å². The first kappa shape index (κ1) is 12.4. The number of aromatic nitrogens is 3. The van der Waals surface area contributed by atoms with Crippen molar-refractivity contribution in [2.75, 3.05) is 12.8 Å². The zero-order valence-corrected chi connectivity index (χ0v) is 10.5. The number of H-pyrrole nitrogens is 1. The molecule has 0 aliphatic heterocycles. The van der Waals surface area contributed by atoms with Gasteiger partial charge in [-0.2, -0.15) is 0 Å². The van der Waals surface area contributed by atoms with Crippen LogP contribution in [0.1, 0.15) is 16.2 Å². The third-order valence-corrected chi connectivity index (χ3v) is 2.54. The molecule has 2 heterocycles. The van der Waals surface area contributed by atoms with Crippen LogP contribution in [0.5, 0.6) is 0 Å². The number of pyridine rings is 1. The van der Waals surface area contributed by atoms with Crippen molar-refractivity contribution in [1.82, 2.24) is 19.9 Å². The fourth-order valence-corrected chi connectivity index (χ4v) is 1.76. The van der Waals surface area contributed by atoms with Crippen molar-refractivity contribution in [3.8, 4) is 0 Å². The van der Waals surface area contributed by atoms with Crippen molar-refractivity contribution in [3.63, 3.8) is 0 Å². The van der Waals surface area contributed by atoms with Gasteiger partial charge in [0, 0.05) is 25.0 Å². The molecule has 0 saturated carbocycles. The molecular weight excluding hydrogens is 254 g/mol. The summed E-state index contributed by atoms with van der Waals surface area (Å²) in [6.07, 6.45) is 3.34. The topological polar surface area (TPSA) is 87.9 Å². The van der Waals surface area contributed by atoms with Crippen molar-refractivity contribution in [1.29, 1.82) is 0 Å². The molecule has 2 aromatic rings. The highest BCUT2D eigenvalue weighted by Gasteiger charge is 2.14. The zero-order chi connectivity index (χ0) is 13.1. The number of nitrogens with one attached hydrogen (secondary N) is 1. The van der Waals surface area contributed by atoms with Gasteiger partial charge in [0.15, 0.2) is 0 Å². The normalized spacial score (nSPS) is 10.3. The average molecular weight is 266 g/mol. The Labute approximate surface area is 109 Å². The largest absolute Gasteiger partial charge is 0.384 e. The Morgan fingerprint density at radius 2 is 2.33 bits per heavy atom. The molecule has 18 heavy (non-hydrogen) atoms. The van der Waals surface area contributed by atoms with E-state index < -0.39 is 0 Å². The summed E-state index contributed by atoms with van der Waals surface area (Å²) in [6, 6.07) is 2.98. The van der Waals surface area contributed by atoms with E-state index in [4.69, 9.17) is 17.3 Å². The van der Waals surface area contributed by atoms with E-state index in [1.807, 2.05) is 0 Å². The van der Waals surface area contributed by atoms with Gasteiger partial charge in [0.1, 0.15) is 16.8 Å². The Morgan fingerprint density at radius 3 is 2.94 bits per heavy atom. The highest BCUT2D eigenvalue weighted by molar-refractivity contribution is 6.29. The first-order chi connectivity index (χ1) is 8.56. The van der Waals surface area contributed by atoms with E-state index in [0.29, 0.717) is 17.9 Å². The highest BCUT2D eigenvalue weighted by Crippen LogP contribution is 2.14. The smallest absolute Gasteiger partial charge is 0.254 e. The van der Waals surface area contributed by atoms with Crippen molar-refractivity contribution in [3.05, 3.63) is 41.1 Å². The Hall–Kier alpha value is -2.08. The maximum atomic E-state index is 12.1. The van der Waals surface area contributed by atoms with Crippen LogP contribution in [0.4, 0.5) is 5.82 Å². The summed E-state index contributed by atoms with van der Waals surface area (Å²) in [6.45, 7) is 0.381. The fourth-order valence-electron chi connectivity index (χ4n) is 1.54. The molecule has 2 aromatic heterocycles. The van der Waals surface area contributed by atoms with Crippen LogP contribution in [-0.4, -0.2) is 32.8 Å². The number of nitrogens with zero attached hydrogens (tertiary/aromatic N) is 3. The van der Waals surface area contributed by atoms with Crippen LogP contribution in [0.15, 0.2) is 24.5 Å². The van der Waals surface area contributed by atoms with Crippen molar-refractivity contribution >= 4 is 23.3 Å². The number of hydrogen-bond donors (Lipinski definition) is 2. The molecule has 7 heteroatoms. The fraction of sp³-hybridized carbons (Fsp3) is 0.182. The van der Waals surface area contributed by atoms with Crippen molar-refractivity contribution in [2.45, 2.75) is 6.54 Å². The first-order valence-electron chi connectivity index (χ1n) is 5.23. The quantitative estimate of drug-likeness (QED) is 0.819. The van der Waals surface area contributed by atoms with E-state index >= 15 is 0 Å². The number of carbonyl (C=O) groups excluding carboxylic acids is 1. The molecule has 1 amide bonds. The molecule has 0 spiro atoms. The lowest BCUT2D eigenvalue weighted by atomic mass is 10.2. The minimum absolute atomic E-state index is 0.192. The predicted octanol–water partition coefficient (Wildman–Crippen LogP) is 1.31. The molecule has 0 bridgehead atoms. The number of imidazole rings is 1. The van der Waals surface area contributed by atoms with Crippen molar-refractivity contribution < 1.29 is 4.79 Å². The molecule has 0 fully saturated rings. The summed E-state index contributed by atoms with van der Waals surface area (Å²) in [7, 11) is 1.68. The molecule has 3 N–H and O–H groups in total. The molecular formula is C11H12ClN5O. The van der Waals surface area contributed by atoms with Gasteiger partial charge in [-0.05, 0) is 12.1 Å². The maximum Gasteiger partial charge on any atom is 0.254 e. The molecule has 94 valence electrons. The molecule has 0 aliphatic rings. The van der Waals surface area contributed by atoms with Gasteiger partial charge in [-0.15, -0.1) is 0 Å². The van der Waals surface area contributed by atoms with Crippen LogP contribution in [-0.2, 0) is 6.54 Å². The van der Waals surface area contributed by atoms with Gasteiger partial charge in [0.05, 0.1) is 6.54 Å². The third-order valence-electron chi connectivity index (χ3n) is 2.35. The Bertz CT molecular complexity index is 534. The number of carbonyl (C=O) groups is 1. The van der Waals surface area contributed by atoms with E-state index in [1.54, 1.807) is 19.4 Å². The number of nitrogen functional groups attached to an aromatic ring is 1. The van der Waals surface area contributed by atoms with Gasteiger partial charge in [0.25, 0.3) is 5.91 Å².